The summed E-state index contributed by atoms with van der Waals surface area (Å²) in [6, 6.07) is 9.12. The first kappa shape index (κ1) is 17.1. The zero-order valence-electron chi connectivity index (χ0n) is 12.4. The van der Waals surface area contributed by atoms with E-state index in [1.54, 1.807) is 12.1 Å². The van der Waals surface area contributed by atoms with Crippen molar-refractivity contribution in [3.8, 4) is 5.75 Å². The molecule has 0 radical (unpaired) electrons. The van der Waals surface area contributed by atoms with Crippen LogP contribution in [-0.2, 0) is 9.09 Å². The normalized spacial score (nSPS) is 11.3. The summed E-state index contributed by atoms with van der Waals surface area (Å²) >= 11 is 0. The number of unbranched alkanes of at least 4 members (excludes halogenated alkanes) is 7. The van der Waals surface area contributed by atoms with E-state index in [9.17, 15) is 4.57 Å². The van der Waals surface area contributed by atoms with Gasteiger partial charge in [0.2, 0.25) is 0 Å². The van der Waals surface area contributed by atoms with Crippen LogP contribution in [-0.4, -0.2) is 6.61 Å². The highest BCUT2D eigenvalue weighted by Gasteiger charge is 2.21. The summed E-state index contributed by atoms with van der Waals surface area (Å²) in [5, 5.41) is 0. The first-order chi connectivity index (χ1) is 9.83. The van der Waals surface area contributed by atoms with Crippen LogP contribution in [0, 0.1) is 0 Å². The Kier molecular flexibility index (Phi) is 10.2. The first-order valence-corrected chi connectivity index (χ1v) is 8.75. The molecular weight excluding hydrogens is 271 g/mol. The summed E-state index contributed by atoms with van der Waals surface area (Å²) < 4.78 is 21.9. The third kappa shape index (κ3) is 9.06. The molecule has 1 aromatic carbocycles. The quantitative estimate of drug-likeness (QED) is 0.357. The van der Waals surface area contributed by atoms with E-state index in [0.29, 0.717) is 12.4 Å². The van der Waals surface area contributed by atoms with E-state index in [1.165, 1.54) is 38.5 Å². The standard InChI is InChI=1S/C16H26O3P/c1-2-3-4-5-6-7-8-12-15-18-20(17)19-16-13-10-9-11-14-16/h9-11,13-14H,2-8,12,15H2,1H3/q+1. The maximum atomic E-state index is 11.5. The van der Waals surface area contributed by atoms with Crippen LogP contribution in [0.1, 0.15) is 58.3 Å². The van der Waals surface area contributed by atoms with Crippen molar-refractivity contribution in [2.75, 3.05) is 6.61 Å². The van der Waals surface area contributed by atoms with Crippen molar-refractivity contribution >= 4 is 8.25 Å². The summed E-state index contributed by atoms with van der Waals surface area (Å²) in [5.41, 5.74) is 0. The Bertz CT molecular complexity index is 354. The second kappa shape index (κ2) is 11.9. The Morgan fingerprint density at radius 3 is 2.15 bits per heavy atom. The number of para-hydroxylation sites is 1. The summed E-state index contributed by atoms with van der Waals surface area (Å²) in [6.07, 6.45) is 9.95. The van der Waals surface area contributed by atoms with Crippen molar-refractivity contribution in [1.82, 2.24) is 0 Å². The van der Waals surface area contributed by atoms with E-state index in [-0.39, 0.29) is 0 Å². The summed E-state index contributed by atoms with van der Waals surface area (Å²) in [7, 11) is -2.04. The van der Waals surface area contributed by atoms with Gasteiger partial charge in [0.25, 0.3) is 0 Å². The molecule has 112 valence electrons. The lowest BCUT2D eigenvalue weighted by molar-refractivity contribution is 0.277. The monoisotopic (exact) mass is 297 g/mol. The van der Waals surface area contributed by atoms with E-state index in [4.69, 9.17) is 9.05 Å². The molecule has 0 saturated heterocycles. The van der Waals surface area contributed by atoms with Gasteiger partial charge in [-0.1, -0.05) is 70.1 Å². The lowest BCUT2D eigenvalue weighted by Gasteiger charge is -1.99. The third-order valence-corrected chi connectivity index (χ3v) is 3.87. The fourth-order valence-corrected chi connectivity index (χ4v) is 2.59. The Morgan fingerprint density at radius 2 is 1.50 bits per heavy atom. The molecule has 0 aromatic heterocycles. The van der Waals surface area contributed by atoms with Crippen LogP contribution >= 0.6 is 8.25 Å². The van der Waals surface area contributed by atoms with Crippen molar-refractivity contribution in [1.29, 1.82) is 0 Å². The molecular formula is C16H26O3P+. The van der Waals surface area contributed by atoms with Gasteiger partial charge < -0.3 is 0 Å². The first-order valence-electron chi connectivity index (χ1n) is 7.66. The number of rotatable bonds is 12. The van der Waals surface area contributed by atoms with Gasteiger partial charge in [-0.15, -0.1) is 4.52 Å². The van der Waals surface area contributed by atoms with Crippen molar-refractivity contribution in [3.63, 3.8) is 0 Å². The van der Waals surface area contributed by atoms with Crippen LogP contribution in [0.25, 0.3) is 0 Å². The van der Waals surface area contributed by atoms with Crippen LogP contribution in [0.5, 0.6) is 5.75 Å². The van der Waals surface area contributed by atoms with E-state index in [2.05, 4.69) is 6.92 Å². The molecule has 0 bridgehead atoms. The van der Waals surface area contributed by atoms with Crippen molar-refractivity contribution < 1.29 is 13.6 Å². The van der Waals surface area contributed by atoms with E-state index < -0.39 is 8.25 Å². The van der Waals surface area contributed by atoms with Gasteiger partial charge in [0.15, 0.2) is 5.75 Å². The molecule has 0 saturated carbocycles. The van der Waals surface area contributed by atoms with Gasteiger partial charge in [0.1, 0.15) is 6.61 Å². The number of hydrogen-bond acceptors (Lipinski definition) is 3. The molecule has 1 rings (SSSR count). The minimum atomic E-state index is -2.04. The highest BCUT2D eigenvalue weighted by atomic mass is 31.1. The predicted molar refractivity (Wildman–Crippen MR) is 83.2 cm³/mol. The smallest absolute Gasteiger partial charge is 0.229 e. The van der Waals surface area contributed by atoms with Crippen molar-refractivity contribution in [3.05, 3.63) is 30.3 Å². The Balaban J connectivity index is 1.92. The summed E-state index contributed by atoms with van der Waals surface area (Å²) in [5.74, 6) is 0.588. The van der Waals surface area contributed by atoms with E-state index >= 15 is 0 Å². The van der Waals surface area contributed by atoms with Crippen LogP contribution in [0.15, 0.2) is 30.3 Å². The van der Waals surface area contributed by atoms with Gasteiger partial charge in [0.05, 0.1) is 0 Å². The molecule has 1 aromatic rings. The second-order valence-electron chi connectivity index (χ2n) is 4.94. The molecule has 0 spiro atoms. The highest BCUT2D eigenvalue weighted by molar-refractivity contribution is 7.33. The fraction of sp³-hybridized carbons (Fsp3) is 0.625. The number of benzene rings is 1. The molecule has 20 heavy (non-hydrogen) atoms. The molecule has 0 amide bonds. The average molecular weight is 297 g/mol. The van der Waals surface area contributed by atoms with Gasteiger partial charge in [0, 0.05) is 4.57 Å². The summed E-state index contributed by atoms with van der Waals surface area (Å²) in [4.78, 5) is 0. The molecule has 0 fully saturated rings. The highest BCUT2D eigenvalue weighted by Crippen LogP contribution is 2.27. The lowest BCUT2D eigenvalue weighted by atomic mass is 10.1. The van der Waals surface area contributed by atoms with Crippen molar-refractivity contribution in [2.45, 2.75) is 58.3 Å². The molecule has 4 heteroatoms. The molecule has 0 aliphatic carbocycles. The van der Waals surface area contributed by atoms with E-state index in [0.717, 1.165) is 12.8 Å². The number of hydrogen-bond donors (Lipinski definition) is 0. The van der Waals surface area contributed by atoms with Crippen molar-refractivity contribution in [2.24, 2.45) is 0 Å². The zero-order chi connectivity index (χ0) is 14.5. The molecule has 1 unspecified atom stereocenters. The second-order valence-corrected chi connectivity index (χ2v) is 5.82. The molecule has 3 nitrogen and oxygen atoms in total. The fourth-order valence-electron chi connectivity index (χ4n) is 1.97. The Hall–Kier alpha value is -0.920. The zero-order valence-corrected chi connectivity index (χ0v) is 13.3. The SMILES string of the molecule is CCCCCCCCCCO[P+](=O)Oc1ccccc1. The largest absolute Gasteiger partial charge is 0.750 e. The van der Waals surface area contributed by atoms with Gasteiger partial charge in [-0.25, -0.2) is 4.52 Å². The van der Waals surface area contributed by atoms with Crippen LogP contribution in [0.3, 0.4) is 0 Å². The van der Waals surface area contributed by atoms with Gasteiger partial charge >= 0.3 is 8.25 Å². The average Bonchev–Trinajstić information content (AvgIpc) is 2.46. The maximum absolute atomic E-state index is 11.5. The van der Waals surface area contributed by atoms with E-state index in [1.807, 2.05) is 18.2 Å². The third-order valence-electron chi connectivity index (χ3n) is 3.12. The van der Waals surface area contributed by atoms with Crippen LogP contribution in [0.2, 0.25) is 0 Å². The molecule has 0 N–H and O–H groups in total. The molecule has 0 aliphatic heterocycles. The van der Waals surface area contributed by atoms with Crippen LogP contribution in [0.4, 0.5) is 0 Å². The minimum absolute atomic E-state index is 0.511. The predicted octanol–water partition coefficient (Wildman–Crippen LogP) is 5.88. The summed E-state index contributed by atoms with van der Waals surface area (Å²) in [6.45, 7) is 2.74. The molecule has 0 aliphatic rings. The minimum Gasteiger partial charge on any atom is -0.229 e. The van der Waals surface area contributed by atoms with Gasteiger partial charge in [-0.3, -0.25) is 0 Å². The van der Waals surface area contributed by atoms with Crippen LogP contribution < -0.4 is 4.52 Å². The van der Waals surface area contributed by atoms with Gasteiger partial charge in [-0.05, 0) is 18.6 Å². The topological polar surface area (TPSA) is 35.5 Å². The molecule has 1 atom stereocenters. The maximum Gasteiger partial charge on any atom is 0.750 e. The lowest BCUT2D eigenvalue weighted by Crippen LogP contribution is -1.91. The molecule has 0 heterocycles. The van der Waals surface area contributed by atoms with Gasteiger partial charge in [-0.2, -0.15) is 0 Å². The Morgan fingerprint density at radius 1 is 0.900 bits per heavy atom. The Labute approximate surface area is 123 Å².